The zero-order valence-electron chi connectivity index (χ0n) is 12.2. The van der Waals surface area contributed by atoms with E-state index in [1.165, 1.54) is 0 Å². The lowest BCUT2D eigenvalue weighted by atomic mass is 10.2. The first-order chi connectivity index (χ1) is 10.1. The number of nitrogens with one attached hydrogen (secondary N) is 3. The Bertz CT molecular complexity index is 632. The molecule has 21 heavy (non-hydrogen) atoms. The highest BCUT2D eigenvalue weighted by molar-refractivity contribution is 5.96. The van der Waals surface area contributed by atoms with Gasteiger partial charge in [-0.25, -0.2) is 0 Å². The van der Waals surface area contributed by atoms with Gasteiger partial charge in [-0.2, -0.15) is 0 Å². The standard InChI is InChI=1S/C16H19N3O2/c1-11-8-14(12(2)19-11)9-17-15(20)10-18-16(21)13-6-4-3-5-7-13/h3-8,19H,9-10H2,1-2H3,(H,17,20)(H,18,21). The van der Waals surface area contributed by atoms with E-state index >= 15 is 0 Å². The minimum Gasteiger partial charge on any atom is -0.362 e. The van der Waals surface area contributed by atoms with Gasteiger partial charge in [-0.15, -0.1) is 0 Å². The molecule has 0 aliphatic heterocycles. The number of aromatic nitrogens is 1. The second-order valence-corrected chi connectivity index (χ2v) is 4.93. The van der Waals surface area contributed by atoms with Crippen LogP contribution in [0.1, 0.15) is 27.3 Å². The van der Waals surface area contributed by atoms with Crippen molar-refractivity contribution in [3.63, 3.8) is 0 Å². The fourth-order valence-electron chi connectivity index (χ4n) is 2.07. The van der Waals surface area contributed by atoms with Crippen LogP contribution in [0.15, 0.2) is 36.4 Å². The minimum absolute atomic E-state index is 0.0316. The molecule has 5 heteroatoms. The Labute approximate surface area is 123 Å². The van der Waals surface area contributed by atoms with Gasteiger partial charge in [0.15, 0.2) is 0 Å². The summed E-state index contributed by atoms with van der Waals surface area (Å²) in [5, 5.41) is 5.38. The molecule has 0 aliphatic rings. The van der Waals surface area contributed by atoms with E-state index < -0.39 is 0 Å². The van der Waals surface area contributed by atoms with Gasteiger partial charge >= 0.3 is 0 Å². The number of rotatable bonds is 5. The van der Waals surface area contributed by atoms with E-state index in [-0.39, 0.29) is 18.4 Å². The molecule has 0 fully saturated rings. The van der Waals surface area contributed by atoms with Gasteiger partial charge in [-0.3, -0.25) is 9.59 Å². The van der Waals surface area contributed by atoms with Gasteiger partial charge in [0.05, 0.1) is 6.54 Å². The molecule has 0 radical (unpaired) electrons. The van der Waals surface area contributed by atoms with Crippen molar-refractivity contribution in [1.82, 2.24) is 15.6 Å². The summed E-state index contributed by atoms with van der Waals surface area (Å²) in [5.74, 6) is -0.461. The van der Waals surface area contributed by atoms with Gasteiger partial charge in [0, 0.05) is 23.5 Å². The van der Waals surface area contributed by atoms with Crippen LogP contribution in [0.2, 0.25) is 0 Å². The summed E-state index contributed by atoms with van der Waals surface area (Å²) in [5.41, 5.74) is 3.70. The molecule has 0 spiro atoms. The van der Waals surface area contributed by atoms with E-state index in [9.17, 15) is 9.59 Å². The Morgan fingerprint density at radius 3 is 2.43 bits per heavy atom. The Kier molecular flexibility index (Phi) is 4.77. The summed E-state index contributed by atoms with van der Waals surface area (Å²) in [6.07, 6.45) is 0. The third-order valence-electron chi connectivity index (χ3n) is 3.18. The van der Waals surface area contributed by atoms with Gasteiger partial charge in [0.1, 0.15) is 0 Å². The highest BCUT2D eigenvalue weighted by atomic mass is 16.2. The summed E-state index contributed by atoms with van der Waals surface area (Å²) in [4.78, 5) is 26.7. The highest BCUT2D eigenvalue weighted by Gasteiger charge is 2.08. The van der Waals surface area contributed by atoms with Crippen LogP contribution in [0.25, 0.3) is 0 Å². The predicted octanol–water partition coefficient (Wildman–Crippen LogP) is 1.68. The van der Waals surface area contributed by atoms with Crippen LogP contribution in [0.4, 0.5) is 0 Å². The van der Waals surface area contributed by atoms with Gasteiger partial charge < -0.3 is 15.6 Å². The minimum atomic E-state index is -0.251. The lowest BCUT2D eigenvalue weighted by Gasteiger charge is -2.07. The topological polar surface area (TPSA) is 74.0 Å². The molecule has 0 atom stereocenters. The van der Waals surface area contributed by atoms with Gasteiger partial charge in [0.2, 0.25) is 5.91 Å². The molecular weight excluding hydrogens is 266 g/mol. The molecule has 1 heterocycles. The third-order valence-corrected chi connectivity index (χ3v) is 3.18. The molecule has 2 aromatic rings. The summed E-state index contributed by atoms with van der Waals surface area (Å²) in [7, 11) is 0. The molecule has 0 saturated carbocycles. The Hall–Kier alpha value is -2.56. The number of H-pyrrole nitrogens is 1. The average molecular weight is 285 g/mol. The number of hydrogen-bond donors (Lipinski definition) is 3. The molecular formula is C16H19N3O2. The summed E-state index contributed by atoms with van der Waals surface area (Å²) < 4.78 is 0. The fraction of sp³-hybridized carbons (Fsp3) is 0.250. The van der Waals surface area contributed by atoms with Crippen molar-refractivity contribution in [2.75, 3.05) is 6.54 Å². The zero-order valence-corrected chi connectivity index (χ0v) is 12.2. The first-order valence-electron chi connectivity index (χ1n) is 6.81. The zero-order chi connectivity index (χ0) is 15.2. The molecule has 1 aromatic heterocycles. The third kappa shape index (κ3) is 4.21. The van der Waals surface area contributed by atoms with E-state index in [0.29, 0.717) is 12.1 Å². The van der Waals surface area contributed by atoms with E-state index in [0.717, 1.165) is 17.0 Å². The van der Waals surface area contributed by atoms with Crippen LogP contribution in [0.3, 0.4) is 0 Å². The molecule has 2 amide bonds. The molecule has 5 nitrogen and oxygen atoms in total. The first-order valence-corrected chi connectivity index (χ1v) is 6.81. The van der Waals surface area contributed by atoms with Crippen molar-refractivity contribution >= 4 is 11.8 Å². The summed E-state index contributed by atoms with van der Waals surface area (Å²) in [6, 6.07) is 10.8. The van der Waals surface area contributed by atoms with Crippen molar-refractivity contribution in [1.29, 1.82) is 0 Å². The Morgan fingerprint density at radius 1 is 1.10 bits per heavy atom. The number of carbonyl (C=O) groups excluding carboxylic acids is 2. The maximum Gasteiger partial charge on any atom is 0.251 e. The molecule has 2 rings (SSSR count). The van der Waals surface area contributed by atoms with Crippen molar-refractivity contribution in [3.05, 3.63) is 58.9 Å². The van der Waals surface area contributed by atoms with Gasteiger partial charge in [-0.1, -0.05) is 18.2 Å². The molecule has 1 aromatic carbocycles. The number of aromatic amines is 1. The quantitative estimate of drug-likeness (QED) is 0.782. The lowest BCUT2D eigenvalue weighted by molar-refractivity contribution is -0.120. The first kappa shape index (κ1) is 14.8. The number of hydrogen-bond acceptors (Lipinski definition) is 2. The highest BCUT2D eigenvalue weighted by Crippen LogP contribution is 2.08. The normalized spacial score (nSPS) is 10.2. The number of benzene rings is 1. The van der Waals surface area contributed by atoms with Crippen molar-refractivity contribution in [2.24, 2.45) is 0 Å². The van der Waals surface area contributed by atoms with Crippen LogP contribution < -0.4 is 10.6 Å². The average Bonchev–Trinajstić information content (AvgIpc) is 2.81. The van der Waals surface area contributed by atoms with Crippen LogP contribution in [0, 0.1) is 13.8 Å². The SMILES string of the molecule is Cc1cc(CNC(=O)CNC(=O)c2ccccc2)c(C)[nH]1. The second-order valence-electron chi connectivity index (χ2n) is 4.93. The Balaban J connectivity index is 1.78. The smallest absolute Gasteiger partial charge is 0.251 e. The summed E-state index contributed by atoms with van der Waals surface area (Å²) in [6.45, 7) is 4.36. The predicted molar refractivity (Wildman–Crippen MR) is 80.9 cm³/mol. The molecule has 0 unspecified atom stereocenters. The van der Waals surface area contributed by atoms with Crippen molar-refractivity contribution in [3.8, 4) is 0 Å². The van der Waals surface area contributed by atoms with Crippen molar-refractivity contribution in [2.45, 2.75) is 20.4 Å². The molecule has 0 bridgehead atoms. The maximum atomic E-state index is 11.8. The van der Waals surface area contributed by atoms with Crippen LogP contribution in [-0.4, -0.2) is 23.3 Å². The molecule has 110 valence electrons. The fourth-order valence-corrected chi connectivity index (χ4v) is 2.07. The molecule has 0 aliphatic carbocycles. The van der Waals surface area contributed by atoms with Gasteiger partial charge in [-0.05, 0) is 37.6 Å². The Morgan fingerprint density at radius 2 is 1.81 bits per heavy atom. The molecule has 3 N–H and O–H groups in total. The van der Waals surface area contributed by atoms with Crippen LogP contribution in [-0.2, 0) is 11.3 Å². The lowest BCUT2D eigenvalue weighted by Crippen LogP contribution is -2.36. The molecule has 0 saturated heterocycles. The maximum absolute atomic E-state index is 11.8. The largest absolute Gasteiger partial charge is 0.362 e. The van der Waals surface area contributed by atoms with Gasteiger partial charge in [0.25, 0.3) is 5.91 Å². The summed E-state index contributed by atoms with van der Waals surface area (Å²) >= 11 is 0. The second kappa shape index (κ2) is 6.74. The van der Waals surface area contributed by atoms with E-state index in [1.54, 1.807) is 24.3 Å². The van der Waals surface area contributed by atoms with E-state index in [4.69, 9.17) is 0 Å². The number of amides is 2. The number of carbonyl (C=O) groups is 2. The van der Waals surface area contributed by atoms with Crippen LogP contribution >= 0.6 is 0 Å². The van der Waals surface area contributed by atoms with Crippen LogP contribution in [0.5, 0.6) is 0 Å². The monoisotopic (exact) mass is 285 g/mol. The van der Waals surface area contributed by atoms with E-state index in [1.807, 2.05) is 26.0 Å². The van der Waals surface area contributed by atoms with Crippen molar-refractivity contribution < 1.29 is 9.59 Å². The van der Waals surface area contributed by atoms with E-state index in [2.05, 4.69) is 15.6 Å². The number of aryl methyl sites for hydroxylation is 2.